The molecule has 0 bridgehead atoms. The van der Waals surface area contributed by atoms with Crippen molar-refractivity contribution in [2.24, 2.45) is 0 Å². The molecular formula is C11H16FNO. The highest BCUT2D eigenvalue weighted by Crippen LogP contribution is 2.24. The van der Waals surface area contributed by atoms with E-state index in [0.717, 1.165) is 25.1 Å². The van der Waals surface area contributed by atoms with E-state index >= 15 is 0 Å². The first-order valence-electron chi connectivity index (χ1n) is 4.85. The Kier molecular flexibility index (Phi) is 4.23. The molecule has 0 amide bonds. The van der Waals surface area contributed by atoms with Crippen LogP contribution in [-0.4, -0.2) is 13.7 Å². The fourth-order valence-corrected chi connectivity index (χ4v) is 1.21. The van der Waals surface area contributed by atoms with Gasteiger partial charge in [0.05, 0.1) is 12.8 Å². The summed E-state index contributed by atoms with van der Waals surface area (Å²) in [5, 5.41) is 3.20. The third kappa shape index (κ3) is 2.91. The fourth-order valence-electron chi connectivity index (χ4n) is 1.21. The highest BCUT2D eigenvalue weighted by Gasteiger charge is 2.02. The Morgan fingerprint density at radius 3 is 2.86 bits per heavy atom. The van der Waals surface area contributed by atoms with Crippen LogP contribution in [0.15, 0.2) is 18.2 Å². The topological polar surface area (TPSA) is 21.3 Å². The summed E-state index contributed by atoms with van der Waals surface area (Å²) in [4.78, 5) is 0. The van der Waals surface area contributed by atoms with Crippen molar-refractivity contribution in [1.82, 2.24) is 0 Å². The molecule has 14 heavy (non-hydrogen) atoms. The van der Waals surface area contributed by atoms with Gasteiger partial charge in [-0.2, -0.15) is 0 Å². The van der Waals surface area contributed by atoms with E-state index in [-0.39, 0.29) is 5.82 Å². The minimum atomic E-state index is -0.275. The molecule has 0 radical (unpaired) electrons. The summed E-state index contributed by atoms with van der Waals surface area (Å²) in [6.45, 7) is 3.02. The quantitative estimate of drug-likeness (QED) is 0.732. The number of halogens is 1. The monoisotopic (exact) mass is 197 g/mol. The van der Waals surface area contributed by atoms with Gasteiger partial charge < -0.3 is 10.1 Å². The van der Waals surface area contributed by atoms with E-state index in [1.165, 1.54) is 12.1 Å². The van der Waals surface area contributed by atoms with E-state index in [2.05, 4.69) is 12.2 Å². The summed E-state index contributed by atoms with van der Waals surface area (Å²) in [6.07, 6.45) is 2.23. The van der Waals surface area contributed by atoms with Crippen molar-refractivity contribution in [2.75, 3.05) is 19.0 Å². The zero-order valence-electron chi connectivity index (χ0n) is 8.64. The number of methoxy groups -OCH3 is 1. The molecule has 1 rings (SSSR count). The first kappa shape index (κ1) is 10.8. The van der Waals surface area contributed by atoms with Crippen LogP contribution in [0.3, 0.4) is 0 Å². The highest BCUT2D eigenvalue weighted by atomic mass is 19.1. The van der Waals surface area contributed by atoms with Crippen molar-refractivity contribution in [1.29, 1.82) is 0 Å². The second kappa shape index (κ2) is 5.47. The number of anilines is 1. The molecule has 0 atom stereocenters. The van der Waals surface area contributed by atoms with Gasteiger partial charge in [-0.25, -0.2) is 4.39 Å². The molecule has 0 aliphatic carbocycles. The van der Waals surface area contributed by atoms with Crippen LogP contribution in [0.25, 0.3) is 0 Å². The van der Waals surface area contributed by atoms with Crippen molar-refractivity contribution in [3.8, 4) is 5.75 Å². The Morgan fingerprint density at radius 2 is 2.21 bits per heavy atom. The molecule has 3 heteroatoms. The number of nitrogens with one attached hydrogen (secondary N) is 1. The average molecular weight is 197 g/mol. The predicted octanol–water partition coefficient (Wildman–Crippen LogP) is 3.05. The van der Waals surface area contributed by atoms with Gasteiger partial charge in [0.25, 0.3) is 0 Å². The van der Waals surface area contributed by atoms with Gasteiger partial charge in [0.1, 0.15) is 11.6 Å². The molecule has 0 saturated heterocycles. The molecule has 0 heterocycles. The van der Waals surface area contributed by atoms with Crippen LogP contribution in [0.4, 0.5) is 10.1 Å². The van der Waals surface area contributed by atoms with Crippen LogP contribution < -0.4 is 10.1 Å². The zero-order valence-corrected chi connectivity index (χ0v) is 8.64. The summed E-state index contributed by atoms with van der Waals surface area (Å²) in [5.41, 5.74) is 0.849. The molecule has 0 aromatic heterocycles. The molecule has 0 unspecified atom stereocenters. The van der Waals surface area contributed by atoms with Crippen molar-refractivity contribution in [3.63, 3.8) is 0 Å². The summed E-state index contributed by atoms with van der Waals surface area (Å²) in [5.74, 6) is 0.281. The smallest absolute Gasteiger partial charge is 0.144 e. The van der Waals surface area contributed by atoms with E-state index in [9.17, 15) is 4.39 Å². The summed E-state index contributed by atoms with van der Waals surface area (Å²) >= 11 is 0. The average Bonchev–Trinajstić information content (AvgIpc) is 2.20. The minimum absolute atomic E-state index is 0.275. The van der Waals surface area contributed by atoms with E-state index < -0.39 is 0 Å². The summed E-state index contributed by atoms with van der Waals surface area (Å²) in [6, 6.07) is 4.51. The maximum absolute atomic E-state index is 12.8. The Morgan fingerprint density at radius 1 is 1.43 bits per heavy atom. The third-order valence-corrected chi connectivity index (χ3v) is 2.01. The molecule has 1 aromatic carbocycles. The summed E-state index contributed by atoms with van der Waals surface area (Å²) < 4.78 is 17.9. The predicted molar refractivity (Wildman–Crippen MR) is 56.3 cm³/mol. The molecule has 0 saturated carbocycles. The van der Waals surface area contributed by atoms with E-state index in [4.69, 9.17) is 4.74 Å². The number of rotatable bonds is 5. The van der Waals surface area contributed by atoms with Crippen LogP contribution in [0.1, 0.15) is 19.8 Å². The molecule has 0 fully saturated rings. The van der Waals surface area contributed by atoms with Crippen molar-refractivity contribution >= 4 is 5.69 Å². The first-order chi connectivity index (χ1) is 6.77. The van der Waals surface area contributed by atoms with Crippen LogP contribution in [0.2, 0.25) is 0 Å². The lowest BCUT2D eigenvalue weighted by Gasteiger charge is -2.10. The van der Waals surface area contributed by atoms with Crippen LogP contribution in [0, 0.1) is 5.82 Å². The Hall–Kier alpha value is -1.25. The van der Waals surface area contributed by atoms with Gasteiger partial charge >= 0.3 is 0 Å². The van der Waals surface area contributed by atoms with Gasteiger partial charge in [0.15, 0.2) is 0 Å². The second-order valence-corrected chi connectivity index (χ2v) is 3.12. The zero-order chi connectivity index (χ0) is 10.4. The van der Waals surface area contributed by atoms with E-state index in [1.807, 2.05) is 0 Å². The standard InChI is InChI=1S/C11H16FNO/c1-3-4-7-13-10-6-5-9(12)8-11(10)14-2/h5-6,8,13H,3-4,7H2,1-2H3. The van der Waals surface area contributed by atoms with Gasteiger partial charge in [0.2, 0.25) is 0 Å². The van der Waals surface area contributed by atoms with Gasteiger partial charge in [-0.3, -0.25) is 0 Å². The molecule has 1 N–H and O–H groups in total. The number of hydrogen-bond acceptors (Lipinski definition) is 2. The summed E-state index contributed by atoms with van der Waals surface area (Å²) in [7, 11) is 1.54. The van der Waals surface area contributed by atoms with Gasteiger partial charge in [-0.05, 0) is 18.6 Å². The maximum Gasteiger partial charge on any atom is 0.144 e. The molecule has 0 aliphatic heterocycles. The van der Waals surface area contributed by atoms with Crippen molar-refractivity contribution in [2.45, 2.75) is 19.8 Å². The Balaban J connectivity index is 2.65. The van der Waals surface area contributed by atoms with Crippen LogP contribution in [0.5, 0.6) is 5.75 Å². The van der Waals surface area contributed by atoms with Crippen LogP contribution in [-0.2, 0) is 0 Å². The molecule has 1 aromatic rings. The SMILES string of the molecule is CCCCNc1ccc(F)cc1OC. The Bertz CT molecular complexity index is 289. The molecule has 0 aliphatic rings. The van der Waals surface area contributed by atoms with Gasteiger partial charge in [-0.15, -0.1) is 0 Å². The minimum Gasteiger partial charge on any atom is -0.494 e. The lowest BCUT2D eigenvalue weighted by Crippen LogP contribution is -2.02. The normalized spacial score (nSPS) is 9.93. The van der Waals surface area contributed by atoms with Gasteiger partial charge in [0, 0.05) is 12.6 Å². The second-order valence-electron chi connectivity index (χ2n) is 3.12. The van der Waals surface area contributed by atoms with E-state index in [0.29, 0.717) is 5.75 Å². The number of ether oxygens (including phenoxy) is 1. The molecule has 2 nitrogen and oxygen atoms in total. The van der Waals surface area contributed by atoms with Crippen molar-refractivity contribution < 1.29 is 9.13 Å². The lowest BCUT2D eigenvalue weighted by atomic mass is 10.2. The first-order valence-corrected chi connectivity index (χ1v) is 4.85. The fraction of sp³-hybridized carbons (Fsp3) is 0.455. The molecular weight excluding hydrogens is 181 g/mol. The number of benzene rings is 1. The van der Waals surface area contributed by atoms with E-state index in [1.54, 1.807) is 13.2 Å². The highest BCUT2D eigenvalue weighted by molar-refractivity contribution is 5.56. The van der Waals surface area contributed by atoms with Crippen molar-refractivity contribution in [3.05, 3.63) is 24.0 Å². The number of unbranched alkanes of at least 4 members (excludes halogenated alkanes) is 1. The maximum atomic E-state index is 12.8. The van der Waals surface area contributed by atoms with Crippen LogP contribution >= 0.6 is 0 Å². The molecule has 0 spiro atoms. The number of hydrogen-bond donors (Lipinski definition) is 1. The lowest BCUT2D eigenvalue weighted by molar-refractivity contribution is 0.413. The molecule has 78 valence electrons. The Labute approximate surface area is 84.1 Å². The third-order valence-electron chi connectivity index (χ3n) is 2.01. The largest absolute Gasteiger partial charge is 0.494 e. The van der Waals surface area contributed by atoms with Gasteiger partial charge in [-0.1, -0.05) is 13.3 Å².